The lowest BCUT2D eigenvalue weighted by molar-refractivity contribution is 0.0765. The molecule has 0 saturated carbocycles. The number of amides is 1. The molecule has 0 atom stereocenters. The number of aryl methyl sites for hydroxylation is 1. The molecule has 2 aromatic heterocycles. The largest absolute Gasteiger partial charge is 0.346 e. The molecule has 1 amide bonds. The molecular formula is C22H26ClN5OS. The molecule has 6 nitrogen and oxygen atoms in total. The number of benzene rings is 1. The van der Waals surface area contributed by atoms with Crippen molar-refractivity contribution < 1.29 is 4.79 Å². The second kappa shape index (κ2) is 8.78. The Morgan fingerprint density at radius 1 is 1.13 bits per heavy atom. The topological polar surface area (TPSA) is 54.3 Å². The van der Waals surface area contributed by atoms with Crippen molar-refractivity contribution in [1.82, 2.24) is 19.7 Å². The molecule has 0 N–H and O–H groups in total. The van der Waals surface area contributed by atoms with Crippen LogP contribution in [-0.4, -0.2) is 51.8 Å². The second-order valence-electron chi connectivity index (χ2n) is 7.89. The standard InChI is InChI=1S/C22H26ClN5OS/c1-15(2)20-19(13-24-28(20)18-7-5-17(23)6-8-18)21(29)26-9-4-10-27(12-11-26)22-25-16(3)14-30-22/h5-8,13-15H,4,9-12H2,1-3H3. The highest BCUT2D eigenvalue weighted by atomic mass is 35.5. The van der Waals surface area contributed by atoms with Crippen molar-refractivity contribution in [3.63, 3.8) is 0 Å². The fraction of sp³-hybridized carbons (Fsp3) is 0.409. The molecule has 3 heterocycles. The third-order valence-corrected chi connectivity index (χ3v) is 6.59. The molecule has 30 heavy (non-hydrogen) atoms. The molecule has 158 valence electrons. The highest BCUT2D eigenvalue weighted by molar-refractivity contribution is 7.13. The van der Waals surface area contributed by atoms with Gasteiger partial charge in [0.25, 0.3) is 5.91 Å². The van der Waals surface area contributed by atoms with Crippen LogP contribution < -0.4 is 4.90 Å². The van der Waals surface area contributed by atoms with Gasteiger partial charge in [-0.3, -0.25) is 4.79 Å². The molecule has 0 unspecified atom stereocenters. The van der Waals surface area contributed by atoms with Crippen LogP contribution in [0.4, 0.5) is 5.13 Å². The Morgan fingerprint density at radius 3 is 2.57 bits per heavy atom. The fourth-order valence-electron chi connectivity index (χ4n) is 3.84. The van der Waals surface area contributed by atoms with E-state index in [4.69, 9.17) is 11.6 Å². The van der Waals surface area contributed by atoms with Gasteiger partial charge in [0.15, 0.2) is 5.13 Å². The van der Waals surface area contributed by atoms with Crippen LogP contribution in [-0.2, 0) is 0 Å². The lowest BCUT2D eigenvalue weighted by Gasteiger charge is -2.22. The third kappa shape index (κ3) is 4.23. The van der Waals surface area contributed by atoms with E-state index < -0.39 is 0 Å². The van der Waals surface area contributed by atoms with Crippen LogP contribution >= 0.6 is 22.9 Å². The number of halogens is 1. The van der Waals surface area contributed by atoms with Crippen LogP contribution in [0.5, 0.6) is 0 Å². The summed E-state index contributed by atoms with van der Waals surface area (Å²) in [5.74, 6) is 0.208. The zero-order valence-corrected chi connectivity index (χ0v) is 19.1. The summed E-state index contributed by atoms with van der Waals surface area (Å²) in [5.41, 5.74) is 3.56. The summed E-state index contributed by atoms with van der Waals surface area (Å²) < 4.78 is 1.86. The van der Waals surface area contributed by atoms with E-state index in [1.165, 1.54) is 0 Å². The third-order valence-electron chi connectivity index (χ3n) is 5.32. The lowest BCUT2D eigenvalue weighted by Crippen LogP contribution is -2.35. The van der Waals surface area contributed by atoms with E-state index in [9.17, 15) is 4.79 Å². The minimum absolute atomic E-state index is 0.0519. The fourth-order valence-corrected chi connectivity index (χ4v) is 4.82. The Kier molecular flexibility index (Phi) is 6.11. The molecular weight excluding hydrogens is 418 g/mol. The van der Waals surface area contributed by atoms with Gasteiger partial charge in [-0.1, -0.05) is 25.4 Å². The van der Waals surface area contributed by atoms with Crippen molar-refractivity contribution in [3.05, 3.63) is 57.8 Å². The molecule has 1 aliphatic rings. The van der Waals surface area contributed by atoms with Crippen LogP contribution in [0.1, 0.15) is 47.9 Å². The summed E-state index contributed by atoms with van der Waals surface area (Å²) in [7, 11) is 0. The Labute approximate surface area is 186 Å². The maximum atomic E-state index is 13.4. The van der Waals surface area contributed by atoms with Gasteiger partial charge in [-0.2, -0.15) is 5.10 Å². The quantitative estimate of drug-likeness (QED) is 0.583. The number of hydrogen-bond acceptors (Lipinski definition) is 5. The molecule has 0 radical (unpaired) electrons. The number of thiazole rings is 1. The first-order chi connectivity index (χ1) is 14.4. The van der Waals surface area contributed by atoms with Crippen molar-refractivity contribution in [1.29, 1.82) is 0 Å². The van der Waals surface area contributed by atoms with Crippen molar-refractivity contribution in [2.45, 2.75) is 33.1 Å². The number of rotatable bonds is 4. The monoisotopic (exact) mass is 443 g/mol. The van der Waals surface area contributed by atoms with Gasteiger partial charge in [0.05, 0.1) is 28.8 Å². The molecule has 0 bridgehead atoms. The van der Waals surface area contributed by atoms with Crippen molar-refractivity contribution in [2.24, 2.45) is 0 Å². The summed E-state index contributed by atoms with van der Waals surface area (Å²) in [6, 6.07) is 7.53. The van der Waals surface area contributed by atoms with Crippen LogP contribution in [0, 0.1) is 6.92 Å². The van der Waals surface area contributed by atoms with Crippen LogP contribution in [0.15, 0.2) is 35.8 Å². The Balaban J connectivity index is 1.56. The highest BCUT2D eigenvalue weighted by Crippen LogP contribution is 2.26. The average Bonchev–Trinajstić information content (AvgIpc) is 3.28. The lowest BCUT2D eigenvalue weighted by atomic mass is 10.0. The first-order valence-electron chi connectivity index (χ1n) is 10.2. The van der Waals surface area contributed by atoms with Crippen molar-refractivity contribution >= 4 is 34.0 Å². The highest BCUT2D eigenvalue weighted by Gasteiger charge is 2.27. The Morgan fingerprint density at radius 2 is 1.90 bits per heavy atom. The van der Waals surface area contributed by atoms with Gasteiger partial charge >= 0.3 is 0 Å². The molecule has 4 rings (SSSR count). The first kappa shape index (κ1) is 20.9. The van der Waals surface area contributed by atoms with Gasteiger partial charge in [0.2, 0.25) is 0 Å². The second-order valence-corrected chi connectivity index (χ2v) is 9.16. The van der Waals surface area contributed by atoms with Gasteiger partial charge in [0.1, 0.15) is 0 Å². The van der Waals surface area contributed by atoms with Gasteiger partial charge in [-0.25, -0.2) is 9.67 Å². The Bertz CT molecular complexity index is 1030. The molecule has 1 saturated heterocycles. The number of anilines is 1. The van der Waals surface area contributed by atoms with Crippen molar-refractivity contribution in [3.8, 4) is 5.69 Å². The summed E-state index contributed by atoms with van der Waals surface area (Å²) in [6.07, 6.45) is 2.63. The predicted molar refractivity (Wildman–Crippen MR) is 122 cm³/mol. The van der Waals surface area contributed by atoms with Gasteiger partial charge in [-0.15, -0.1) is 11.3 Å². The molecule has 1 fully saturated rings. The van der Waals surface area contributed by atoms with Crippen LogP contribution in [0.25, 0.3) is 5.69 Å². The van der Waals surface area contributed by atoms with E-state index >= 15 is 0 Å². The van der Waals surface area contributed by atoms with E-state index in [0.717, 1.165) is 48.3 Å². The van der Waals surface area contributed by atoms with Crippen LogP contribution in [0.3, 0.4) is 0 Å². The SMILES string of the molecule is Cc1csc(N2CCCN(C(=O)c3cnn(-c4ccc(Cl)cc4)c3C(C)C)CC2)n1. The van der Waals surface area contributed by atoms with E-state index in [0.29, 0.717) is 17.1 Å². The minimum Gasteiger partial charge on any atom is -0.346 e. The summed E-state index contributed by atoms with van der Waals surface area (Å²) in [4.78, 5) is 22.3. The normalized spacial score (nSPS) is 15.0. The molecule has 0 aliphatic carbocycles. The molecule has 8 heteroatoms. The number of nitrogens with zero attached hydrogens (tertiary/aromatic N) is 5. The Hall–Kier alpha value is -2.38. The molecule has 1 aromatic carbocycles. The molecule has 0 spiro atoms. The predicted octanol–water partition coefficient (Wildman–Crippen LogP) is 4.77. The van der Waals surface area contributed by atoms with E-state index in [2.05, 4.69) is 34.2 Å². The molecule has 3 aromatic rings. The number of hydrogen-bond donors (Lipinski definition) is 0. The smallest absolute Gasteiger partial charge is 0.257 e. The molecule has 1 aliphatic heterocycles. The average molecular weight is 444 g/mol. The van der Waals surface area contributed by atoms with Gasteiger partial charge < -0.3 is 9.80 Å². The number of carbonyl (C=O) groups is 1. The van der Waals surface area contributed by atoms with Crippen molar-refractivity contribution in [2.75, 3.05) is 31.1 Å². The maximum absolute atomic E-state index is 13.4. The maximum Gasteiger partial charge on any atom is 0.257 e. The summed E-state index contributed by atoms with van der Waals surface area (Å²) in [5, 5.41) is 8.34. The van der Waals surface area contributed by atoms with E-state index in [-0.39, 0.29) is 11.8 Å². The van der Waals surface area contributed by atoms with Gasteiger partial charge in [0, 0.05) is 36.6 Å². The minimum atomic E-state index is 0.0519. The zero-order chi connectivity index (χ0) is 21.3. The van der Waals surface area contributed by atoms with E-state index in [1.807, 2.05) is 40.8 Å². The zero-order valence-electron chi connectivity index (χ0n) is 17.5. The summed E-state index contributed by atoms with van der Waals surface area (Å²) >= 11 is 7.70. The van der Waals surface area contributed by atoms with Gasteiger partial charge in [-0.05, 0) is 43.5 Å². The number of carbonyl (C=O) groups excluding carboxylic acids is 1. The van der Waals surface area contributed by atoms with Crippen LogP contribution in [0.2, 0.25) is 5.02 Å². The number of aromatic nitrogens is 3. The first-order valence-corrected chi connectivity index (χ1v) is 11.5. The summed E-state index contributed by atoms with van der Waals surface area (Å²) in [6.45, 7) is 9.33. The van der Waals surface area contributed by atoms with E-state index in [1.54, 1.807) is 17.5 Å².